The topological polar surface area (TPSA) is 83.0 Å². The Morgan fingerprint density at radius 1 is 1.35 bits per heavy atom. The summed E-state index contributed by atoms with van der Waals surface area (Å²) in [5.41, 5.74) is 7.17. The van der Waals surface area contributed by atoms with Gasteiger partial charge in [-0.1, -0.05) is 13.3 Å². The second-order valence-corrected chi connectivity index (χ2v) is 4.46. The SMILES string of the molecule is CCCCOC(=O)Cn1cnc(-c2ccc(N)cc2)n1. The highest BCUT2D eigenvalue weighted by molar-refractivity contribution is 5.69. The highest BCUT2D eigenvalue weighted by Crippen LogP contribution is 2.15. The van der Waals surface area contributed by atoms with Crippen molar-refractivity contribution in [3.8, 4) is 11.4 Å². The Morgan fingerprint density at radius 3 is 2.80 bits per heavy atom. The lowest BCUT2D eigenvalue weighted by atomic mass is 10.2. The van der Waals surface area contributed by atoms with Crippen LogP contribution in [0.5, 0.6) is 0 Å². The van der Waals surface area contributed by atoms with Gasteiger partial charge in [-0.25, -0.2) is 9.67 Å². The number of esters is 1. The summed E-state index contributed by atoms with van der Waals surface area (Å²) in [5.74, 6) is 0.263. The van der Waals surface area contributed by atoms with Gasteiger partial charge in [0.1, 0.15) is 12.9 Å². The monoisotopic (exact) mass is 274 g/mol. The van der Waals surface area contributed by atoms with Crippen molar-refractivity contribution < 1.29 is 9.53 Å². The number of aromatic nitrogens is 3. The Morgan fingerprint density at radius 2 is 2.10 bits per heavy atom. The molecule has 0 saturated heterocycles. The van der Waals surface area contributed by atoms with E-state index in [0.29, 0.717) is 18.1 Å². The van der Waals surface area contributed by atoms with Gasteiger partial charge in [0.05, 0.1) is 6.61 Å². The third-order valence-corrected chi connectivity index (χ3v) is 2.76. The van der Waals surface area contributed by atoms with Crippen molar-refractivity contribution >= 4 is 11.7 Å². The number of nitrogens with two attached hydrogens (primary N) is 1. The van der Waals surface area contributed by atoms with E-state index in [1.54, 1.807) is 12.1 Å². The zero-order chi connectivity index (χ0) is 14.4. The van der Waals surface area contributed by atoms with E-state index < -0.39 is 0 Å². The summed E-state index contributed by atoms with van der Waals surface area (Å²) in [4.78, 5) is 15.7. The smallest absolute Gasteiger partial charge is 0.327 e. The summed E-state index contributed by atoms with van der Waals surface area (Å²) in [6.45, 7) is 2.57. The van der Waals surface area contributed by atoms with Gasteiger partial charge in [-0.2, -0.15) is 5.10 Å². The lowest BCUT2D eigenvalue weighted by Crippen LogP contribution is -2.14. The first kappa shape index (κ1) is 14.0. The number of benzene rings is 1. The molecule has 0 spiro atoms. The number of nitrogens with zero attached hydrogens (tertiary/aromatic N) is 3. The van der Waals surface area contributed by atoms with E-state index in [1.165, 1.54) is 11.0 Å². The van der Waals surface area contributed by atoms with Crippen molar-refractivity contribution in [1.82, 2.24) is 14.8 Å². The van der Waals surface area contributed by atoms with E-state index in [2.05, 4.69) is 10.1 Å². The van der Waals surface area contributed by atoms with E-state index in [9.17, 15) is 4.79 Å². The number of ether oxygens (including phenoxy) is 1. The zero-order valence-corrected chi connectivity index (χ0v) is 11.5. The Balaban J connectivity index is 1.95. The van der Waals surface area contributed by atoms with Crippen molar-refractivity contribution in [2.45, 2.75) is 26.3 Å². The number of anilines is 1. The standard InChI is InChI=1S/C14H18N4O2/c1-2-3-8-20-13(19)9-18-10-16-14(17-18)11-4-6-12(15)7-5-11/h4-7,10H,2-3,8-9,15H2,1H3. The van der Waals surface area contributed by atoms with Crippen LogP contribution in [0.25, 0.3) is 11.4 Å². The van der Waals surface area contributed by atoms with E-state index in [-0.39, 0.29) is 12.5 Å². The molecule has 0 radical (unpaired) electrons. The number of hydrogen-bond acceptors (Lipinski definition) is 5. The van der Waals surface area contributed by atoms with E-state index in [0.717, 1.165) is 18.4 Å². The summed E-state index contributed by atoms with van der Waals surface area (Å²) in [7, 11) is 0. The van der Waals surface area contributed by atoms with Crippen molar-refractivity contribution in [3.05, 3.63) is 30.6 Å². The molecule has 0 aliphatic carbocycles. The van der Waals surface area contributed by atoms with Gasteiger partial charge in [-0.05, 0) is 30.7 Å². The fourth-order valence-corrected chi connectivity index (χ4v) is 1.64. The molecule has 0 atom stereocenters. The molecule has 2 aromatic rings. The van der Waals surface area contributed by atoms with Crippen LogP contribution in [0.3, 0.4) is 0 Å². The highest BCUT2D eigenvalue weighted by Gasteiger charge is 2.08. The molecule has 0 aliphatic heterocycles. The zero-order valence-electron chi connectivity index (χ0n) is 11.5. The van der Waals surface area contributed by atoms with Gasteiger partial charge in [0.15, 0.2) is 5.82 Å². The second kappa shape index (κ2) is 6.70. The van der Waals surface area contributed by atoms with Gasteiger partial charge in [-0.3, -0.25) is 4.79 Å². The Hall–Kier alpha value is -2.37. The van der Waals surface area contributed by atoms with Crippen LogP contribution in [0, 0.1) is 0 Å². The molecule has 2 rings (SSSR count). The molecule has 1 aromatic carbocycles. The van der Waals surface area contributed by atoms with Crippen LogP contribution in [0.2, 0.25) is 0 Å². The molecule has 0 unspecified atom stereocenters. The third-order valence-electron chi connectivity index (χ3n) is 2.76. The van der Waals surface area contributed by atoms with Gasteiger partial charge in [0.25, 0.3) is 0 Å². The van der Waals surface area contributed by atoms with Crippen molar-refractivity contribution in [3.63, 3.8) is 0 Å². The number of hydrogen-bond donors (Lipinski definition) is 1. The second-order valence-electron chi connectivity index (χ2n) is 4.46. The minimum absolute atomic E-state index is 0.0751. The summed E-state index contributed by atoms with van der Waals surface area (Å²) >= 11 is 0. The normalized spacial score (nSPS) is 10.4. The molecule has 20 heavy (non-hydrogen) atoms. The first-order chi connectivity index (χ1) is 9.69. The molecule has 0 amide bonds. The van der Waals surface area contributed by atoms with Crippen LogP contribution in [-0.4, -0.2) is 27.3 Å². The van der Waals surface area contributed by atoms with E-state index in [4.69, 9.17) is 10.5 Å². The molecule has 6 nitrogen and oxygen atoms in total. The van der Waals surface area contributed by atoms with Gasteiger partial charge in [-0.15, -0.1) is 0 Å². The molecule has 1 aromatic heterocycles. The average molecular weight is 274 g/mol. The Labute approximate surface area is 117 Å². The number of unbranched alkanes of at least 4 members (excludes halogenated alkanes) is 1. The van der Waals surface area contributed by atoms with Crippen LogP contribution < -0.4 is 5.73 Å². The van der Waals surface area contributed by atoms with Crippen LogP contribution in [0.1, 0.15) is 19.8 Å². The Kier molecular flexibility index (Phi) is 4.70. The molecular formula is C14H18N4O2. The van der Waals surface area contributed by atoms with Crippen LogP contribution in [-0.2, 0) is 16.1 Å². The quantitative estimate of drug-likeness (QED) is 0.494. The number of carbonyl (C=O) groups excluding carboxylic acids is 1. The summed E-state index contributed by atoms with van der Waals surface area (Å²) in [5, 5.41) is 4.24. The summed E-state index contributed by atoms with van der Waals surface area (Å²) < 4.78 is 6.55. The molecule has 0 aliphatic rings. The number of carbonyl (C=O) groups is 1. The molecule has 6 heteroatoms. The molecule has 0 fully saturated rings. The van der Waals surface area contributed by atoms with Gasteiger partial charge in [0, 0.05) is 11.3 Å². The predicted octanol–water partition coefficient (Wildman–Crippen LogP) is 1.87. The third kappa shape index (κ3) is 3.81. The van der Waals surface area contributed by atoms with E-state index >= 15 is 0 Å². The maximum absolute atomic E-state index is 11.6. The van der Waals surface area contributed by atoms with Crippen molar-refractivity contribution in [2.75, 3.05) is 12.3 Å². The maximum atomic E-state index is 11.6. The van der Waals surface area contributed by atoms with E-state index in [1.807, 2.05) is 19.1 Å². The lowest BCUT2D eigenvalue weighted by molar-refractivity contribution is -0.144. The fourth-order valence-electron chi connectivity index (χ4n) is 1.64. The number of rotatable bonds is 6. The molecule has 2 N–H and O–H groups in total. The fraction of sp³-hybridized carbons (Fsp3) is 0.357. The number of nitrogen functional groups attached to an aromatic ring is 1. The van der Waals surface area contributed by atoms with Gasteiger partial charge >= 0.3 is 5.97 Å². The van der Waals surface area contributed by atoms with Crippen LogP contribution in [0.15, 0.2) is 30.6 Å². The maximum Gasteiger partial charge on any atom is 0.327 e. The first-order valence-electron chi connectivity index (χ1n) is 6.60. The lowest BCUT2D eigenvalue weighted by Gasteiger charge is -2.03. The molecule has 0 saturated carbocycles. The largest absolute Gasteiger partial charge is 0.464 e. The van der Waals surface area contributed by atoms with Crippen molar-refractivity contribution in [2.24, 2.45) is 0 Å². The Bertz CT molecular complexity index is 563. The highest BCUT2D eigenvalue weighted by atomic mass is 16.5. The molecule has 1 heterocycles. The van der Waals surface area contributed by atoms with Crippen LogP contribution in [0.4, 0.5) is 5.69 Å². The summed E-state index contributed by atoms with van der Waals surface area (Å²) in [6, 6.07) is 7.26. The minimum atomic E-state index is -0.299. The molecular weight excluding hydrogens is 256 g/mol. The van der Waals surface area contributed by atoms with Gasteiger partial charge < -0.3 is 10.5 Å². The predicted molar refractivity (Wildman–Crippen MR) is 75.7 cm³/mol. The summed E-state index contributed by atoms with van der Waals surface area (Å²) in [6.07, 6.45) is 3.39. The molecule has 106 valence electrons. The minimum Gasteiger partial charge on any atom is -0.464 e. The van der Waals surface area contributed by atoms with Gasteiger partial charge in [0.2, 0.25) is 0 Å². The first-order valence-corrected chi connectivity index (χ1v) is 6.60. The average Bonchev–Trinajstić information content (AvgIpc) is 2.88. The van der Waals surface area contributed by atoms with Crippen molar-refractivity contribution in [1.29, 1.82) is 0 Å². The van der Waals surface area contributed by atoms with Crippen LogP contribution >= 0.6 is 0 Å². The molecule has 0 bridgehead atoms.